The molecule has 0 aliphatic heterocycles. The second kappa shape index (κ2) is 15.4. The van der Waals surface area contributed by atoms with E-state index in [-0.39, 0.29) is 5.56 Å². The molecule has 284 valence electrons. The Morgan fingerprint density at radius 2 is 1.56 bits per heavy atom. The smallest absolute Gasteiger partial charge is 0.338 e. The van der Waals surface area contributed by atoms with E-state index in [1.807, 2.05) is 85.8 Å². The van der Waals surface area contributed by atoms with Gasteiger partial charge >= 0.3 is 5.97 Å². The highest BCUT2D eigenvalue weighted by atomic mass is 28.4. The van der Waals surface area contributed by atoms with Crippen LogP contribution >= 0.6 is 0 Å². The molecule has 0 amide bonds. The second-order valence-electron chi connectivity index (χ2n) is 15.3. The Labute approximate surface area is 318 Å². The minimum Gasteiger partial charge on any atom is -0.497 e. The SMILES string of the molecule is C=C(C)c1cccc(N[C@H]2[C@H](N=[N+]=[N-])[C@@](N)([C@H](C)OC(=O)c3ccc(OC)cc3)[C@@](C)(O)[C@@]2(O)CO[Si](c2ccccc2)(c2ccccc2)C(C)(C)C)c1. The fourth-order valence-corrected chi connectivity index (χ4v) is 12.5. The summed E-state index contributed by atoms with van der Waals surface area (Å²) >= 11 is 0. The zero-order valence-corrected chi connectivity index (χ0v) is 33.0. The number of hydrogen-bond donors (Lipinski definition) is 4. The molecule has 0 unspecified atom stereocenters. The van der Waals surface area contributed by atoms with E-state index < -0.39 is 60.9 Å². The maximum Gasteiger partial charge on any atom is 0.338 e. The molecule has 0 bridgehead atoms. The fourth-order valence-electron chi connectivity index (χ4n) is 7.87. The summed E-state index contributed by atoms with van der Waals surface area (Å²) in [5.41, 5.74) is 13.0. The molecule has 11 nitrogen and oxygen atoms in total. The highest BCUT2D eigenvalue weighted by Gasteiger charge is 2.75. The van der Waals surface area contributed by atoms with Crippen LogP contribution in [0.1, 0.15) is 57.5 Å². The number of anilines is 1. The zero-order valence-electron chi connectivity index (χ0n) is 32.0. The number of ether oxygens (including phenoxy) is 2. The van der Waals surface area contributed by atoms with E-state index in [9.17, 15) is 20.5 Å². The molecule has 5 N–H and O–H groups in total. The first-order valence-corrected chi connectivity index (χ1v) is 19.8. The van der Waals surface area contributed by atoms with E-state index in [0.717, 1.165) is 21.5 Å². The highest BCUT2D eigenvalue weighted by Crippen LogP contribution is 2.51. The Morgan fingerprint density at radius 3 is 2.06 bits per heavy atom. The summed E-state index contributed by atoms with van der Waals surface area (Å²) in [5, 5.41) is 35.1. The van der Waals surface area contributed by atoms with Gasteiger partial charge in [0, 0.05) is 10.6 Å². The minimum absolute atomic E-state index is 0.209. The maximum absolute atomic E-state index is 13.5. The number of carbonyl (C=O) groups is 1. The second-order valence-corrected chi connectivity index (χ2v) is 19.6. The molecule has 6 atom stereocenters. The van der Waals surface area contributed by atoms with Crippen LogP contribution in [0.4, 0.5) is 5.69 Å². The molecule has 5 rings (SSSR count). The summed E-state index contributed by atoms with van der Waals surface area (Å²) in [4.78, 5) is 16.7. The average molecular weight is 750 g/mol. The zero-order chi connectivity index (χ0) is 39.5. The molecule has 1 aliphatic carbocycles. The third-order valence-electron chi connectivity index (χ3n) is 11.1. The van der Waals surface area contributed by atoms with Crippen LogP contribution in [0.3, 0.4) is 0 Å². The van der Waals surface area contributed by atoms with Crippen molar-refractivity contribution in [2.75, 3.05) is 19.0 Å². The first-order valence-electron chi connectivity index (χ1n) is 17.9. The van der Waals surface area contributed by atoms with Crippen molar-refractivity contribution in [1.82, 2.24) is 0 Å². The third kappa shape index (κ3) is 6.93. The summed E-state index contributed by atoms with van der Waals surface area (Å²) in [5.74, 6) is -0.184. The number of benzene rings is 4. The van der Waals surface area contributed by atoms with Crippen molar-refractivity contribution in [2.45, 2.75) is 81.5 Å². The van der Waals surface area contributed by atoms with Gasteiger partial charge in [-0.05, 0) is 83.7 Å². The van der Waals surface area contributed by atoms with Crippen molar-refractivity contribution in [1.29, 1.82) is 0 Å². The number of rotatable bonds is 13. The van der Waals surface area contributed by atoms with Gasteiger partial charge in [-0.2, -0.15) is 0 Å². The Bertz CT molecular complexity index is 1960. The molecule has 0 spiro atoms. The number of esters is 1. The molecule has 0 saturated heterocycles. The largest absolute Gasteiger partial charge is 0.497 e. The van der Waals surface area contributed by atoms with Crippen LogP contribution in [0.15, 0.2) is 121 Å². The lowest BCUT2D eigenvalue weighted by atomic mass is 9.74. The molecule has 4 aromatic rings. The molecule has 0 aromatic heterocycles. The number of nitrogens with zero attached hydrogens (tertiary/aromatic N) is 3. The quantitative estimate of drug-likeness (QED) is 0.0411. The Morgan fingerprint density at radius 1 is 0.981 bits per heavy atom. The Kier molecular flexibility index (Phi) is 11.5. The van der Waals surface area contributed by atoms with E-state index in [0.29, 0.717) is 11.4 Å². The summed E-state index contributed by atoms with van der Waals surface area (Å²) in [6.45, 7) is 14.7. The number of allylic oxidation sites excluding steroid dienone is 1. The third-order valence-corrected chi connectivity index (χ3v) is 16.0. The number of nitrogens with one attached hydrogen (secondary N) is 1. The standard InChI is InChI=1S/C42H51N5O6Si/c1-28(2)31-16-15-17-32(26-31)45-36-37(46-47-44)42(43,29(3)53-38(48)30-22-24-33(51-8)25-23-30)40(7,49)41(36,50)27-52-54(39(4,5)6,34-18-11-9-12-19-34)35-20-13-10-14-21-35/h9-26,29,36-37,45,49-50H,1,27,43H2,2-8H3/t29-,36-,37-,40-,41+,42-/m0/s1. The molecular formula is C42H51N5O6Si. The number of hydrogen-bond acceptors (Lipinski definition) is 9. The van der Waals surface area contributed by atoms with Gasteiger partial charge in [-0.3, -0.25) is 0 Å². The van der Waals surface area contributed by atoms with Crippen molar-refractivity contribution in [2.24, 2.45) is 10.8 Å². The van der Waals surface area contributed by atoms with Gasteiger partial charge in [-0.15, -0.1) is 0 Å². The summed E-state index contributed by atoms with van der Waals surface area (Å²) < 4.78 is 18.4. The van der Waals surface area contributed by atoms with Crippen LogP contribution in [0.2, 0.25) is 5.04 Å². The van der Waals surface area contributed by atoms with Crippen molar-refractivity contribution < 1.29 is 28.9 Å². The number of aliphatic hydroxyl groups is 2. The van der Waals surface area contributed by atoms with Crippen molar-refractivity contribution >= 4 is 35.9 Å². The first kappa shape index (κ1) is 40.2. The van der Waals surface area contributed by atoms with Gasteiger partial charge in [0.25, 0.3) is 8.32 Å². The van der Waals surface area contributed by atoms with Gasteiger partial charge in [0.05, 0.1) is 36.9 Å². The molecule has 0 heterocycles. The highest BCUT2D eigenvalue weighted by molar-refractivity contribution is 6.99. The van der Waals surface area contributed by atoms with Crippen molar-refractivity contribution in [3.05, 3.63) is 137 Å². The van der Waals surface area contributed by atoms with Crippen LogP contribution in [-0.2, 0) is 9.16 Å². The predicted molar refractivity (Wildman–Crippen MR) is 215 cm³/mol. The van der Waals surface area contributed by atoms with Gasteiger partial charge in [0.15, 0.2) is 0 Å². The van der Waals surface area contributed by atoms with Crippen LogP contribution < -0.4 is 26.2 Å². The van der Waals surface area contributed by atoms with Gasteiger partial charge in [-0.25, -0.2) is 4.79 Å². The van der Waals surface area contributed by atoms with Gasteiger partial charge in [0.2, 0.25) is 0 Å². The van der Waals surface area contributed by atoms with E-state index >= 15 is 0 Å². The Balaban J connectivity index is 1.68. The monoisotopic (exact) mass is 749 g/mol. The number of nitrogens with two attached hydrogens (primary N) is 1. The molecular weight excluding hydrogens is 699 g/mol. The molecule has 54 heavy (non-hydrogen) atoms. The predicted octanol–water partition coefficient (Wildman–Crippen LogP) is 6.20. The van der Waals surface area contributed by atoms with E-state index in [2.05, 4.69) is 42.7 Å². The Hall–Kier alpha value is -4.94. The van der Waals surface area contributed by atoms with Crippen LogP contribution in [0.25, 0.3) is 16.0 Å². The fraction of sp³-hybridized carbons (Fsp3) is 0.357. The molecule has 12 heteroatoms. The maximum atomic E-state index is 13.5. The topological polar surface area (TPSA) is 172 Å². The number of methoxy groups -OCH3 is 1. The van der Waals surface area contributed by atoms with Crippen molar-refractivity contribution in [3.8, 4) is 5.75 Å². The molecule has 4 aromatic carbocycles. The first-order chi connectivity index (χ1) is 25.5. The van der Waals surface area contributed by atoms with Crippen molar-refractivity contribution in [3.63, 3.8) is 0 Å². The average Bonchev–Trinajstić information content (AvgIpc) is 3.27. The van der Waals surface area contributed by atoms with Gasteiger partial charge in [0.1, 0.15) is 23.1 Å². The normalized spacial score (nSPS) is 24.6. The molecule has 1 aliphatic rings. The van der Waals surface area contributed by atoms with Crippen LogP contribution in [-0.4, -0.2) is 73.1 Å². The van der Waals surface area contributed by atoms with Crippen LogP contribution in [0.5, 0.6) is 5.75 Å². The summed E-state index contributed by atoms with van der Waals surface area (Å²) in [6.07, 6.45) is -1.30. The lowest BCUT2D eigenvalue weighted by molar-refractivity contribution is -0.178. The van der Waals surface area contributed by atoms with Gasteiger partial charge in [-0.1, -0.05) is 111 Å². The van der Waals surface area contributed by atoms with E-state index in [1.54, 1.807) is 30.3 Å². The molecule has 1 saturated carbocycles. The molecule has 0 radical (unpaired) electrons. The minimum atomic E-state index is -3.31. The van der Waals surface area contributed by atoms with Crippen LogP contribution in [0, 0.1) is 0 Å². The lowest BCUT2D eigenvalue weighted by Gasteiger charge is -2.49. The summed E-state index contributed by atoms with van der Waals surface area (Å²) in [7, 11) is -1.80. The number of azide groups is 1. The number of carbonyl (C=O) groups excluding carboxylic acids is 1. The van der Waals surface area contributed by atoms with E-state index in [1.165, 1.54) is 21.0 Å². The van der Waals surface area contributed by atoms with E-state index in [4.69, 9.17) is 19.6 Å². The summed E-state index contributed by atoms with van der Waals surface area (Å²) in [6, 6.07) is 30.8. The van der Waals surface area contributed by atoms with Gasteiger partial charge < -0.3 is 35.2 Å². The molecule has 1 fully saturated rings. The lowest BCUT2D eigenvalue weighted by Crippen LogP contribution is -2.74.